The van der Waals surface area contributed by atoms with Crippen LogP contribution in [-0.2, 0) is 0 Å². The number of hydrogen-bond acceptors (Lipinski definition) is 6. The van der Waals surface area contributed by atoms with Gasteiger partial charge < -0.3 is 0 Å². The number of thiazole rings is 1. The summed E-state index contributed by atoms with van der Waals surface area (Å²) in [5, 5.41) is 9.09. The number of hydrogen-bond donors (Lipinski definition) is 1. The highest BCUT2D eigenvalue weighted by molar-refractivity contribution is 7.15. The molecule has 4 rings (SSSR count). The number of benzene rings is 1. The number of rotatable bonds is 3. The lowest BCUT2D eigenvalue weighted by molar-refractivity contribution is 0.102. The van der Waals surface area contributed by atoms with Gasteiger partial charge in [0, 0.05) is 23.3 Å². The van der Waals surface area contributed by atoms with Crippen molar-refractivity contribution in [2.75, 3.05) is 5.32 Å². The molecule has 1 N–H and O–H groups in total. The maximum atomic E-state index is 12.2. The predicted octanol–water partition coefficient (Wildman–Crippen LogP) is 3.12. The van der Waals surface area contributed by atoms with Crippen LogP contribution in [0.3, 0.4) is 0 Å². The number of carbonyl (C=O) groups excluding carboxylic acids is 1. The van der Waals surface area contributed by atoms with Crippen molar-refractivity contribution < 1.29 is 4.79 Å². The minimum Gasteiger partial charge on any atom is -0.288 e. The van der Waals surface area contributed by atoms with Crippen LogP contribution < -0.4 is 5.32 Å². The van der Waals surface area contributed by atoms with E-state index in [4.69, 9.17) is 0 Å². The Balaban J connectivity index is 1.68. The Bertz CT molecular complexity index is 1070. The van der Waals surface area contributed by atoms with Gasteiger partial charge in [-0.15, -0.1) is 16.4 Å². The summed E-state index contributed by atoms with van der Waals surface area (Å²) in [6.45, 7) is 4.13. The summed E-state index contributed by atoms with van der Waals surface area (Å²) in [5.41, 5.74) is 4.64. The molecule has 3 aromatic heterocycles. The van der Waals surface area contributed by atoms with E-state index >= 15 is 0 Å². The minimum absolute atomic E-state index is 0.218. The van der Waals surface area contributed by atoms with E-state index < -0.39 is 0 Å². The molecular weight excluding hydrogens is 336 g/mol. The molecule has 3 heterocycles. The summed E-state index contributed by atoms with van der Waals surface area (Å²) < 4.78 is 1.74. The Morgan fingerprint density at radius 3 is 2.88 bits per heavy atom. The van der Waals surface area contributed by atoms with Crippen LogP contribution >= 0.6 is 11.3 Å². The maximum absolute atomic E-state index is 12.2. The highest BCUT2D eigenvalue weighted by atomic mass is 32.1. The molecule has 0 fully saturated rings. The second kappa shape index (κ2) is 6.06. The fourth-order valence-corrected chi connectivity index (χ4v) is 3.42. The van der Waals surface area contributed by atoms with Crippen molar-refractivity contribution in [1.82, 2.24) is 24.6 Å². The molecule has 1 amide bonds. The molecular formula is C17H14N6OS. The molecule has 0 aliphatic rings. The molecule has 0 saturated carbocycles. The van der Waals surface area contributed by atoms with Gasteiger partial charge in [0.25, 0.3) is 11.9 Å². The molecule has 25 heavy (non-hydrogen) atoms. The zero-order chi connectivity index (χ0) is 17.4. The van der Waals surface area contributed by atoms with Gasteiger partial charge in [0.1, 0.15) is 5.69 Å². The molecule has 1 aromatic carbocycles. The molecule has 0 radical (unpaired) electrons. The van der Waals surface area contributed by atoms with Gasteiger partial charge in [-0.05, 0) is 19.4 Å². The van der Waals surface area contributed by atoms with Crippen LogP contribution in [0.2, 0.25) is 0 Å². The lowest BCUT2D eigenvalue weighted by Gasteiger charge is -2.05. The zero-order valence-electron chi connectivity index (χ0n) is 13.6. The fraction of sp³-hybridized carbons (Fsp3) is 0.118. The van der Waals surface area contributed by atoms with E-state index in [-0.39, 0.29) is 17.5 Å². The molecule has 0 atom stereocenters. The maximum Gasteiger partial charge on any atom is 0.278 e. The first kappa shape index (κ1) is 15.4. The van der Waals surface area contributed by atoms with E-state index in [1.807, 2.05) is 5.38 Å². The van der Waals surface area contributed by atoms with Crippen molar-refractivity contribution in [1.29, 1.82) is 0 Å². The van der Waals surface area contributed by atoms with E-state index in [9.17, 15) is 4.79 Å². The van der Waals surface area contributed by atoms with Crippen molar-refractivity contribution in [3.05, 3.63) is 59.0 Å². The Morgan fingerprint density at radius 2 is 2.12 bits per heavy atom. The number of nitrogens with zero attached hydrogens (tertiary/aromatic N) is 5. The lowest BCUT2D eigenvalue weighted by atomic mass is 10.0. The molecule has 4 aromatic rings. The van der Waals surface area contributed by atoms with Crippen LogP contribution in [0.4, 0.5) is 5.95 Å². The number of anilines is 1. The average molecular weight is 350 g/mol. The molecule has 0 aliphatic carbocycles. The second-order valence-electron chi connectivity index (χ2n) is 5.61. The van der Waals surface area contributed by atoms with Crippen LogP contribution in [0.15, 0.2) is 42.2 Å². The van der Waals surface area contributed by atoms with Crippen molar-refractivity contribution in [3.8, 4) is 11.3 Å². The first-order chi connectivity index (χ1) is 12.1. The van der Waals surface area contributed by atoms with Gasteiger partial charge in [0.2, 0.25) is 4.96 Å². The van der Waals surface area contributed by atoms with Crippen LogP contribution in [0.5, 0.6) is 0 Å². The first-order valence-corrected chi connectivity index (χ1v) is 8.49. The summed E-state index contributed by atoms with van der Waals surface area (Å²) in [4.78, 5) is 25.1. The van der Waals surface area contributed by atoms with Gasteiger partial charge in [-0.3, -0.25) is 15.1 Å². The number of nitrogens with one attached hydrogen (secondary N) is 1. The van der Waals surface area contributed by atoms with Gasteiger partial charge in [-0.25, -0.2) is 9.50 Å². The number of fused-ring (bicyclic) bond motifs is 1. The molecule has 7 nitrogen and oxygen atoms in total. The van der Waals surface area contributed by atoms with Crippen LogP contribution in [0.25, 0.3) is 16.2 Å². The zero-order valence-corrected chi connectivity index (χ0v) is 14.4. The van der Waals surface area contributed by atoms with Crippen LogP contribution in [0, 0.1) is 13.8 Å². The SMILES string of the molecule is Cc1ccc(-c2csc3nc(NC(=O)c4cnccn4)nn23)c(C)c1. The molecule has 8 heteroatoms. The summed E-state index contributed by atoms with van der Waals surface area (Å²) in [6, 6.07) is 6.28. The minimum atomic E-state index is -0.389. The third-order valence-electron chi connectivity index (χ3n) is 3.76. The van der Waals surface area contributed by atoms with Gasteiger partial charge in [0.05, 0.1) is 11.9 Å². The van der Waals surface area contributed by atoms with Gasteiger partial charge in [-0.2, -0.15) is 4.98 Å². The Kier molecular flexibility index (Phi) is 3.73. The highest BCUT2D eigenvalue weighted by Crippen LogP contribution is 2.28. The van der Waals surface area contributed by atoms with Gasteiger partial charge >= 0.3 is 0 Å². The highest BCUT2D eigenvalue weighted by Gasteiger charge is 2.15. The second-order valence-corrected chi connectivity index (χ2v) is 6.45. The largest absolute Gasteiger partial charge is 0.288 e. The summed E-state index contributed by atoms with van der Waals surface area (Å²) in [6.07, 6.45) is 4.37. The molecule has 0 aliphatic heterocycles. The topological polar surface area (TPSA) is 85.1 Å². The monoisotopic (exact) mass is 350 g/mol. The van der Waals surface area contributed by atoms with Crippen molar-refractivity contribution in [3.63, 3.8) is 0 Å². The Morgan fingerprint density at radius 1 is 1.24 bits per heavy atom. The Labute approximate surface area is 147 Å². The van der Waals surface area contributed by atoms with Gasteiger partial charge in [0.15, 0.2) is 0 Å². The van der Waals surface area contributed by atoms with Gasteiger partial charge in [-0.1, -0.05) is 23.8 Å². The summed E-state index contributed by atoms with van der Waals surface area (Å²) >= 11 is 1.48. The van der Waals surface area contributed by atoms with Crippen molar-refractivity contribution in [2.24, 2.45) is 0 Å². The molecule has 0 spiro atoms. The van der Waals surface area contributed by atoms with E-state index in [1.54, 1.807) is 4.52 Å². The van der Waals surface area contributed by atoms with Crippen LogP contribution in [0.1, 0.15) is 21.6 Å². The quantitative estimate of drug-likeness (QED) is 0.613. The molecule has 0 saturated heterocycles. The van der Waals surface area contributed by atoms with Crippen molar-refractivity contribution in [2.45, 2.75) is 13.8 Å². The number of carbonyl (C=O) groups is 1. The molecule has 0 unspecified atom stereocenters. The Hall–Kier alpha value is -3.13. The summed E-state index contributed by atoms with van der Waals surface area (Å²) in [5.74, 6) is -0.145. The standard InChI is InChI=1S/C17H14N6OS/c1-10-3-4-12(11(2)7-10)14-9-25-17-21-16(22-23(14)17)20-15(24)13-8-18-5-6-19-13/h3-9H,1-2H3,(H,20,22,24). The fourth-order valence-electron chi connectivity index (χ4n) is 2.60. The van der Waals surface area contributed by atoms with Crippen LogP contribution in [-0.4, -0.2) is 30.5 Å². The predicted molar refractivity (Wildman–Crippen MR) is 95.8 cm³/mol. The number of amides is 1. The number of aromatic nitrogens is 5. The van der Waals surface area contributed by atoms with E-state index in [2.05, 4.69) is 57.4 Å². The average Bonchev–Trinajstić information content (AvgIpc) is 3.16. The molecule has 124 valence electrons. The van der Waals surface area contributed by atoms with Crippen molar-refractivity contribution >= 4 is 28.2 Å². The normalized spacial score (nSPS) is 11.0. The van der Waals surface area contributed by atoms with E-state index in [0.717, 1.165) is 11.3 Å². The lowest BCUT2D eigenvalue weighted by Crippen LogP contribution is -2.14. The first-order valence-electron chi connectivity index (χ1n) is 7.61. The summed E-state index contributed by atoms with van der Waals surface area (Å²) in [7, 11) is 0. The third kappa shape index (κ3) is 2.87. The van der Waals surface area contributed by atoms with E-state index in [0.29, 0.717) is 4.96 Å². The smallest absolute Gasteiger partial charge is 0.278 e. The molecule has 0 bridgehead atoms. The number of aryl methyl sites for hydroxylation is 2. The third-order valence-corrected chi connectivity index (χ3v) is 4.58. The van der Waals surface area contributed by atoms with E-state index in [1.165, 1.54) is 41.1 Å².